The Kier molecular flexibility index (Phi) is 7.81. The largest absolute Gasteiger partial charge is 0.393 e. The minimum atomic E-state index is -0.0925. The quantitative estimate of drug-likeness (QED) is 0.539. The van der Waals surface area contributed by atoms with Crippen molar-refractivity contribution >= 4 is 0 Å². The molecule has 0 aliphatic heterocycles. The lowest BCUT2D eigenvalue weighted by Crippen LogP contribution is -2.20. The third kappa shape index (κ3) is 5.83. The van der Waals surface area contributed by atoms with Gasteiger partial charge in [0.2, 0.25) is 0 Å². The van der Waals surface area contributed by atoms with Crippen molar-refractivity contribution in [3.63, 3.8) is 0 Å². The average molecular weight is 230 g/mol. The van der Waals surface area contributed by atoms with E-state index in [1.165, 1.54) is 25.7 Å². The molecule has 0 aromatic carbocycles. The van der Waals surface area contributed by atoms with Crippen molar-refractivity contribution in [2.75, 3.05) is 26.9 Å². The molecule has 96 valence electrons. The van der Waals surface area contributed by atoms with Crippen LogP contribution < -0.4 is 0 Å². The maximum absolute atomic E-state index is 9.91. The molecule has 3 heteroatoms. The van der Waals surface area contributed by atoms with E-state index in [4.69, 9.17) is 9.47 Å². The zero-order chi connectivity index (χ0) is 11.6. The van der Waals surface area contributed by atoms with Crippen LogP contribution in [0, 0.1) is 5.92 Å². The van der Waals surface area contributed by atoms with Crippen LogP contribution in [0.3, 0.4) is 0 Å². The van der Waals surface area contributed by atoms with Crippen LogP contribution in [0.4, 0.5) is 0 Å². The summed E-state index contributed by atoms with van der Waals surface area (Å²) in [5, 5.41) is 9.91. The third-order valence-corrected chi connectivity index (χ3v) is 3.39. The molecule has 3 nitrogen and oxygen atoms in total. The second kappa shape index (κ2) is 8.97. The highest BCUT2D eigenvalue weighted by atomic mass is 16.5. The Morgan fingerprint density at radius 2 is 1.88 bits per heavy atom. The molecule has 0 heterocycles. The molecule has 0 saturated heterocycles. The van der Waals surface area contributed by atoms with Crippen LogP contribution in [0.2, 0.25) is 0 Å². The van der Waals surface area contributed by atoms with Gasteiger partial charge < -0.3 is 14.6 Å². The Bertz CT molecular complexity index is 161. The van der Waals surface area contributed by atoms with Crippen LogP contribution in [0.15, 0.2) is 0 Å². The molecule has 0 amide bonds. The Morgan fingerprint density at radius 1 is 1.06 bits per heavy atom. The lowest BCUT2D eigenvalue weighted by Gasteiger charge is -2.19. The first-order valence-electron chi connectivity index (χ1n) is 6.59. The highest BCUT2D eigenvalue weighted by Crippen LogP contribution is 2.25. The Hall–Kier alpha value is -0.120. The van der Waals surface area contributed by atoms with Crippen molar-refractivity contribution in [1.82, 2.24) is 0 Å². The maximum Gasteiger partial charge on any atom is 0.0569 e. The van der Waals surface area contributed by atoms with Crippen molar-refractivity contribution in [3.05, 3.63) is 0 Å². The molecule has 0 spiro atoms. The molecule has 1 fully saturated rings. The lowest BCUT2D eigenvalue weighted by molar-refractivity contribution is 0.0547. The van der Waals surface area contributed by atoms with Gasteiger partial charge >= 0.3 is 0 Å². The molecule has 1 aliphatic carbocycles. The van der Waals surface area contributed by atoms with E-state index in [9.17, 15) is 5.11 Å². The van der Waals surface area contributed by atoms with Crippen molar-refractivity contribution in [2.45, 2.75) is 51.0 Å². The number of aliphatic hydroxyl groups is 1. The van der Waals surface area contributed by atoms with Gasteiger partial charge in [0.05, 0.1) is 6.10 Å². The highest BCUT2D eigenvalue weighted by molar-refractivity contribution is 4.72. The first-order valence-corrected chi connectivity index (χ1v) is 6.59. The fourth-order valence-electron chi connectivity index (χ4n) is 2.34. The van der Waals surface area contributed by atoms with E-state index in [0.29, 0.717) is 5.92 Å². The van der Waals surface area contributed by atoms with Crippen LogP contribution in [0.1, 0.15) is 44.9 Å². The van der Waals surface area contributed by atoms with Crippen LogP contribution >= 0.6 is 0 Å². The van der Waals surface area contributed by atoms with Crippen molar-refractivity contribution in [2.24, 2.45) is 5.92 Å². The standard InChI is InChI=1S/C13H26O3/c1-15-9-5-10-16-11-8-12-6-3-2-4-7-13(12)14/h12-14H,2-11H2,1H3. The predicted molar refractivity (Wildman–Crippen MR) is 64.5 cm³/mol. The summed E-state index contributed by atoms with van der Waals surface area (Å²) in [5.74, 6) is 0.463. The van der Waals surface area contributed by atoms with E-state index in [1.54, 1.807) is 7.11 Å². The van der Waals surface area contributed by atoms with E-state index in [0.717, 1.165) is 39.1 Å². The van der Waals surface area contributed by atoms with Crippen LogP contribution in [0.5, 0.6) is 0 Å². The smallest absolute Gasteiger partial charge is 0.0569 e. The van der Waals surface area contributed by atoms with Gasteiger partial charge in [0, 0.05) is 26.9 Å². The fraction of sp³-hybridized carbons (Fsp3) is 1.00. The van der Waals surface area contributed by atoms with Crippen LogP contribution in [0.25, 0.3) is 0 Å². The molecule has 1 aliphatic rings. The third-order valence-electron chi connectivity index (χ3n) is 3.39. The maximum atomic E-state index is 9.91. The normalized spacial score (nSPS) is 26.6. The number of aliphatic hydroxyl groups excluding tert-OH is 1. The second-order valence-corrected chi connectivity index (χ2v) is 4.71. The van der Waals surface area contributed by atoms with Gasteiger partial charge in [-0.05, 0) is 31.6 Å². The van der Waals surface area contributed by atoms with Gasteiger partial charge in [0.15, 0.2) is 0 Å². The second-order valence-electron chi connectivity index (χ2n) is 4.71. The Morgan fingerprint density at radius 3 is 2.69 bits per heavy atom. The van der Waals surface area contributed by atoms with Gasteiger partial charge in [-0.2, -0.15) is 0 Å². The number of hydrogen-bond donors (Lipinski definition) is 1. The van der Waals surface area contributed by atoms with Crippen molar-refractivity contribution < 1.29 is 14.6 Å². The number of ether oxygens (including phenoxy) is 2. The first kappa shape index (κ1) is 13.9. The Labute approximate surface area is 99.1 Å². The lowest BCUT2D eigenvalue weighted by atomic mass is 9.94. The number of rotatable bonds is 7. The topological polar surface area (TPSA) is 38.7 Å². The molecule has 0 radical (unpaired) electrons. The molecule has 1 N–H and O–H groups in total. The summed E-state index contributed by atoms with van der Waals surface area (Å²) < 4.78 is 10.5. The molecule has 0 bridgehead atoms. The summed E-state index contributed by atoms with van der Waals surface area (Å²) in [6, 6.07) is 0. The Balaban J connectivity index is 2.01. The first-order chi connectivity index (χ1) is 7.84. The van der Waals surface area contributed by atoms with Gasteiger partial charge in [0.25, 0.3) is 0 Å². The van der Waals surface area contributed by atoms with Gasteiger partial charge in [-0.15, -0.1) is 0 Å². The molecule has 1 rings (SSSR count). The van der Waals surface area contributed by atoms with Crippen molar-refractivity contribution in [1.29, 1.82) is 0 Å². The number of methoxy groups -OCH3 is 1. The van der Waals surface area contributed by atoms with E-state index >= 15 is 0 Å². The van der Waals surface area contributed by atoms with E-state index in [1.807, 2.05) is 0 Å². The molecule has 2 atom stereocenters. The van der Waals surface area contributed by atoms with Crippen LogP contribution in [-0.2, 0) is 9.47 Å². The van der Waals surface area contributed by atoms with E-state index in [2.05, 4.69) is 0 Å². The van der Waals surface area contributed by atoms with Gasteiger partial charge in [-0.25, -0.2) is 0 Å². The average Bonchev–Trinajstić information content (AvgIpc) is 2.49. The monoisotopic (exact) mass is 230 g/mol. The molecular weight excluding hydrogens is 204 g/mol. The molecule has 0 aromatic rings. The van der Waals surface area contributed by atoms with E-state index < -0.39 is 0 Å². The summed E-state index contributed by atoms with van der Waals surface area (Å²) in [5.41, 5.74) is 0. The molecule has 0 aromatic heterocycles. The fourth-order valence-corrected chi connectivity index (χ4v) is 2.34. The summed E-state index contributed by atoms with van der Waals surface area (Å²) >= 11 is 0. The summed E-state index contributed by atoms with van der Waals surface area (Å²) in [6.45, 7) is 2.33. The van der Waals surface area contributed by atoms with Gasteiger partial charge in [0.1, 0.15) is 0 Å². The SMILES string of the molecule is COCCCOCCC1CCCCCC1O. The minimum Gasteiger partial charge on any atom is -0.393 e. The van der Waals surface area contributed by atoms with E-state index in [-0.39, 0.29) is 6.10 Å². The summed E-state index contributed by atoms with van der Waals surface area (Å²) in [4.78, 5) is 0. The zero-order valence-electron chi connectivity index (χ0n) is 10.5. The number of hydrogen-bond acceptors (Lipinski definition) is 3. The zero-order valence-corrected chi connectivity index (χ0v) is 10.5. The van der Waals surface area contributed by atoms with Gasteiger partial charge in [-0.1, -0.05) is 19.3 Å². The predicted octanol–water partition coefficient (Wildman–Crippen LogP) is 2.37. The molecule has 1 saturated carbocycles. The molecule has 16 heavy (non-hydrogen) atoms. The minimum absolute atomic E-state index is 0.0925. The van der Waals surface area contributed by atoms with Crippen LogP contribution in [-0.4, -0.2) is 38.1 Å². The molecular formula is C13H26O3. The molecule has 2 unspecified atom stereocenters. The van der Waals surface area contributed by atoms with Gasteiger partial charge in [-0.3, -0.25) is 0 Å². The summed E-state index contributed by atoms with van der Waals surface area (Å²) in [6.07, 6.45) is 7.76. The van der Waals surface area contributed by atoms with Crippen molar-refractivity contribution in [3.8, 4) is 0 Å². The highest BCUT2D eigenvalue weighted by Gasteiger charge is 2.20. The summed E-state index contributed by atoms with van der Waals surface area (Å²) in [7, 11) is 1.71.